The highest BCUT2D eigenvalue weighted by Gasteiger charge is 2.03. The number of nitrogens with zero attached hydrogens (tertiary/aromatic N) is 1. The molecule has 0 aliphatic heterocycles. The predicted molar refractivity (Wildman–Crippen MR) is 60.3 cm³/mol. The third-order valence-corrected chi connectivity index (χ3v) is 2.10. The summed E-state index contributed by atoms with van der Waals surface area (Å²) in [4.78, 5) is 7.20. The first kappa shape index (κ1) is 10.9. The van der Waals surface area contributed by atoms with Crippen LogP contribution in [0.15, 0.2) is 0 Å². The maximum Gasteiger partial charge on any atom is 0.168 e. The van der Waals surface area contributed by atoms with Crippen LogP contribution < -0.4 is 11.1 Å². The monoisotopic (exact) mass is 196 g/mol. The lowest BCUT2D eigenvalue weighted by Gasteiger charge is -2.05. The summed E-state index contributed by atoms with van der Waals surface area (Å²) < 4.78 is 0. The van der Waals surface area contributed by atoms with E-state index in [4.69, 9.17) is 5.73 Å². The summed E-state index contributed by atoms with van der Waals surface area (Å²) in [6.07, 6.45) is 2.39. The SMILES string of the molecule is Cc1nc(NCCCC(C)C)c(N)[nH]1. The number of nitrogens with two attached hydrogens (primary N) is 1. The van der Waals surface area contributed by atoms with E-state index in [0.717, 1.165) is 30.5 Å². The molecule has 0 unspecified atom stereocenters. The van der Waals surface area contributed by atoms with Gasteiger partial charge >= 0.3 is 0 Å². The summed E-state index contributed by atoms with van der Waals surface area (Å²) in [6.45, 7) is 7.29. The van der Waals surface area contributed by atoms with Gasteiger partial charge < -0.3 is 16.0 Å². The van der Waals surface area contributed by atoms with Gasteiger partial charge in [0.2, 0.25) is 0 Å². The molecule has 0 fully saturated rings. The molecule has 0 atom stereocenters. The zero-order chi connectivity index (χ0) is 10.6. The number of imidazole rings is 1. The molecule has 0 bridgehead atoms. The van der Waals surface area contributed by atoms with Crippen LogP contribution in [-0.2, 0) is 0 Å². The molecule has 0 saturated carbocycles. The zero-order valence-corrected chi connectivity index (χ0v) is 9.22. The first-order valence-electron chi connectivity index (χ1n) is 5.15. The van der Waals surface area contributed by atoms with E-state index in [1.54, 1.807) is 0 Å². The number of anilines is 2. The van der Waals surface area contributed by atoms with Gasteiger partial charge in [0.25, 0.3) is 0 Å². The summed E-state index contributed by atoms with van der Waals surface area (Å²) in [7, 11) is 0. The van der Waals surface area contributed by atoms with Crippen LogP contribution in [0.25, 0.3) is 0 Å². The molecule has 4 nitrogen and oxygen atoms in total. The van der Waals surface area contributed by atoms with Crippen molar-refractivity contribution in [1.82, 2.24) is 9.97 Å². The number of hydrogen-bond donors (Lipinski definition) is 3. The lowest BCUT2D eigenvalue weighted by atomic mass is 10.1. The number of nitrogen functional groups attached to an aromatic ring is 1. The molecule has 4 N–H and O–H groups in total. The number of aryl methyl sites for hydroxylation is 1. The van der Waals surface area contributed by atoms with Crippen molar-refractivity contribution in [3.8, 4) is 0 Å². The quantitative estimate of drug-likeness (QED) is 0.632. The normalized spacial score (nSPS) is 10.9. The van der Waals surface area contributed by atoms with Crippen molar-refractivity contribution in [3.63, 3.8) is 0 Å². The van der Waals surface area contributed by atoms with E-state index >= 15 is 0 Å². The molecule has 0 radical (unpaired) electrons. The average Bonchev–Trinajstić information content (AvgIpc) is 2.39. The molecule has 1 aromatic rings. The Morgan fingerprint density at radius 2 is 2.21 bits per heavy atom. The smallest absolute Gasteiger partial charge is 0.168 e. The van der Waals surface area contributed by atoms with Gasteiger partial charge in [-0.15, -0.1) is 0 Å². The van der Waals surface area contributed by atoms with Crippen molar-refractivity contribution in [2.24, 2.45) is 5.92 Å². The number of nitrogens with one attached hydrogen (secondary N) is 2. The van der Waals surface area contributed by atoms with Gasteiger partial charge in [-0.25, -0.2) is 4.98 Å². The lowest BCUT2D eigenvalue weighted by molar-refractivity contribution is 0.567. The number of hydrogen-bond acceptors (Lipinski definition) is 3. The van der Waals surface area contributed by atoms with Crippen molar-refractivity contribution >= 4 is 11.6 Å². The van der Waals surface area contributed by atoms with E-state index in [1.807, 2.05) is 6.92 Å². The van der Waals surface area contributed by atoms with E-state index < -0.39 is 0 Å². The summed E-state index contributed by atoms with van der Waals surface area (Å²) in [5.41, 5.74) is 5.70. The van der Waals surface area contributed by atoms with Gasteiger partial charge in [0.15, 0.2) is 5.82 Å². The maximum atomic E-state index is 5.70. The van der Waals surface area contributed by atoms with E-state index in [0.29, 0.717) is 5.82 Å². The first-order valence-corrected chi connectivity index (χ1v) is 5.15. The molecule has 80 valence electrons. The molecule has 0 amide bonds. The van der Waals surface area contributed by atoms with Crippen molar-refractivity contribution in [1.29, 1.82) is 0 Å². The van der Waals surface area contributed by atoms with Gasteiger partial charge in [0, 0.05) is 6.54 Å². The third kappa shape index (κ3) is 3.28. The molecule has 0 spiro atoms. The van der Waals surface area contributed by atoms with Crippen LogP contribution in [0.5, 0.6) is 0 Å². The standard InChI is InChI=1S/C10H20N4/c1-7(2)5-4-6-12-10-9(11)13-8(3)14-10/h7,12H,4-6,11H2,1-3H3,(H,13,14). The predicted octanol–water partition coefficient (Wildman–Crippen LogP) is 2.15. The van der Waals surface area contributed by atoms with E-state index in [9.17, 15) is 0 Å². The Morgan fingerprint density at radius 3 is 2.71 bits per heavy atom. The van der Waals surface area contributed by atoms with Crippen LogP contribution in [-0.4, -0.2) is 16.5 Å². The summed E-state index contributed by atoms with van der Waals surface area (Å²) >= 11 is 0. The molecule has 0 saturated heterocycles. The Labute approximate surface area is 85.3 Å². The van der Waals surface area contributed by atoms with Gasteiger partial charge in [0.05, 0.1) is 0 Å². The van der Waals surface area contributed by atoms with Gasteiger partial charge in [-0.05, 0) is 25.7 Å². The Kier molecular flexibility index (Phi) is 3.80. The molecule has 1 aromatic heterocycles. The van der Waals surface area contributed by atoms with E-state index in [2.05, 4.69) is 29.1 Å². The molecule has 0 aromatic carbocycles. The minimum atomic E-state index is 0.632. The number of rotatable bonds is 5. The fourth-order valence-electron chi connectivity index (χ4n) is 1.36. The second-order valence-electron chi connectivity index (χ2n) is 4.05. The fourth-order valence-corrected chi connectivity index (χ4v) is 1.36. The second kappa shape index (κ2) is 4.88. The van der Waals surface area contributed by atoms with Crippen molar-refractivity contribution in [2.45, 2.75) is 33.6 Å². The number of H-pyrrole nitrogens is 1. The molecular formula is C10H20N4. The fraction of sp³-hybridized carbons (Fsp3) is 0.700. The molecule has 0 aliphatic carbocycles. The van der Waals surface area contributed by atoms with Crippen LogP contribution in [0.4, 0.5) is 11.6 Å². The van der Waals surface area contributed by atoms with Crippen molar-refractivity contribution in [3.05, 3.63) is 5.82 Å². The Morgan fingerprint density at radius 1 is 1.50 bits per heavy atom. The van der Waals surface area contributed by atoms with Gasteiger partial charge in [-0.3, -0.25) is 0 Å². The lowest BCUT2D eigenvalue weighted by Crippen LogP contribution is -2.05. The highest BCUT2D eigenvalue weighted by Crippen LogP contribution is 2.14. The van der Waals surface area contributed by atoms with E-state index in [1.165, 1.54) is 6.42 Å². The Balaban J connectivity index is 2.28. The van der Waals surface area contributed by atoms with Gasteiger partial charge in [0.1, 0.15) is 11.6 Å². The Hall–Kier alpha value is -1.19. The molecule has 1 heterocycles. The highest BCUT2D eigenvalue weighted by molar-refractivity contribution is 5.56. The minimum Gasteiger partial charge on any atom is -0.382 e. The number of aromatic nitrogens is 2. The molecule has 0 aliphatic rings. The van der Waals surface area contributed by atoms with Crippen molar-refractivity contribution < 1.29 is 0 Å². The van der Waals surface area contributed by atoms with Crippen LogP contribution >= 0.6 is 0 Å². The van der Waals surface area contributed by atoms with Crippen LogP contribution in [0.3, 0.4) is 0 Å². The zero-order valence-electron chi connectivity index (χ0n) is 9.22. The largest absolute Gasteiger partial charge is 0.382 e. The molecule has 14 heavy (non-hydrogen) atoms. The van der Waals surface area contributed by atoms with Gasteiger partial charge in [-0.2, -0.15) is 0 Å². The van der Waals surface area contributed by atoms with Crippen molar-refractivity contribution in [2.75, 3.05) is 17.6 Å². The maximum absolute atomic E-state index is 5.70. The van der Waals surface area contributed by atoms with E-state index in [-0.39, 0.29) is 0 Å². The Bertz CT molecular complexity index is 278. The summed E-state index contributed by atoms with van der Waals surface area (Å²) in [6, 6.07) is 0. The molecular weight excluding hydrogens is 176 g/mol. The third-order valence-electron chi connectivity index (χ3n) is 2.10. The van der Waals surface area contributed by atoms with Crippen LogP contribution in [0.1, 0.15) is 32.5 Å². The van der Waals surface area contributed by atoms with Gasteiger partial charge in [-0.1, -0.05) is 13.8 Å². The van der Waals surface area contributed by atoms with Crippen LogP contribution in [0.2, 0.25) is 0 Å². The topological polar surface area (TPSA) is 66.7 Å². The molecule has 1 rings (SSSR count). The first-order chi connectivity index (χ1) is 6.59. The molecule has 4 heteroatoms. The number of aromatic amines is 1. The minimum absolute atomic E-state index is 0.632. The average molecular weight is 196 g/mol. The summed E-state index contributed by atoms with van der Waals surface area (Å²) in [5, 5.41) is 3.22. The second-order valence-corrected chi connectivity index (χ2v) is 4.05. The highest BCUT2D eigenvalue weighted by atomic mass is 15.1. The summed E-state index contributed by atoms with van der Waals surface area (Å²) in [5.74, 6) is 3.03. The van der Waals surface area contributed by atoms with Crippen LogP contribution in [0, 0.1) is 12.8 Å².